The predicted molar refractivity (Wildman–Crippen MR) is 131 cm³/mol. The Morgan fingerprint density at radius 1 is 0.812 bits per heavy atom. The van der Waals surface area contributed by atoms with Crippen molar-refractivity contribution < 1.29 is 4.79 Å². The number of carbonyl (C=O) groups is 1. The van der Waals surface area contributed by atoms with E-state index in [1.807, 2.05) is 30.3 Å². The average Bonchev–Trinajstić information content (AvgIpc) is 2.88. The van der Waals surface area contributed by atoms with E-state index < -0.39 is 0 Å². The first-order chi connectivity index (χ1) is 15.8. The molecule has 2 aliphatic rings. The molecule has 0 unspecified atom stereocenters. The van der Waals surface area contributed by atoms with Gasteiger partial charge in [0.25, 0.3) is 0 Å². The van der Waals surface area contributed by atoms with Gasteiger partial charge in [0.2, 0.25) is 0 Å². The highest BCUT2D eigenvalue weighted by molar-refractivity contribution is 6.00. The molecule has 0 radical (unpaired) electrons. The summed E-state index contributed by atoms with van der Waals surface area (Å²) in [5.74, 6) is 0.759. The number of hydrogen-bond acceptors (Lipinski definition) is 3. The van der Waals surface area contributed by atoms with E-state index in [1.54, 1.807) is 0 Å². The Labute approximate surface area is 191 Å². The number of likely N-dealkylation sites (tertiary alicyclic amines) is 1. The molecule has 0 bridgehead atoms. The van der Waals surface area contributed by atoms with Crippen LogP contribution in [0.1, 0.15) is 46.7 Å². The zero-order valence-corrected chi connectivity index (χ0v) is 18.6. The van der Waals surface area contributed by atoms with E-state index in [4.69, 9.17) is 0 Å². The summed E-state index contributed by atoms with van der Waals surface area (Å²) < 4.78 is 0. The van der Waals surface area contributed by atoms with Gasteiger partial charge in [0.15, 0.2) is 5.78 Å². The molecule has 0 aromatic heterocycles. The van der Waals surface area contributed by atoms with Crippen molar-refractivity contribution in [2.45, 2.75) is 37.6 Å². The maximum atomic E-state index is 14.1. The van der Waals surface area contributed by atoms with Gasteiger partial charge in [-0.3, -0.25) is 9.69 Å². The summed E-state index contributed by atoms with van der Waals surface area (Å²) in [7, 11) is 0. The van der Waals surface area contributed by atoms with Crippen LogP contribution in [-0.2, 0) is 6.42 Å². The van der Waals surface area contributed by atoms with Crippen LogP contribution < -0.4 is 5.32 Å². The molecular formula is C29H32N2O. The average molecular weight is 425 g/mol. The van der Waals surface area contributed by atoms with Crippen LogP contribution in [0.4, 0.5) is 5.69 Å². The molecule has 1 fully saturated rings. The van der Waals surface area contributed by atoms with Crippen LogP contribution >= 0.6 is 0 Å². The molecule has 5 rings (SSSR count). The van der Waals surface area contributed by atoms with Crippen LogP contribution in [0, 0.1) is 5.92 Å². The van der Waals surface area contributed by atoms with Gasteiger partial charge in [0, 0.05) is 23.7 Å². The van der Waals surface area contributed by atoms with E-state index in [1.165, 1.54) is 36.1 Å². The van der Waals surface area contributed by atoms with Crippen LogP contribution in [0.5, 0.6) is 0 Å². The highest BCUT2D eigenvalue weighted by Gasteiger charge is 2.40. The minimum absolute atomic E-state index is 0.142. The maximum Gasteiger partial charge on any atom is 0.180 e. The number of benzene rings is 3. The molecule has 0 spiro atoms. The van der Waals surface area contributed by atoms with Crippen LogP contribution in [-0.4, -0.2) is 36.4 Å². The third-order valence-corrected chi connectivity index (χ3v) is 7.20. The number of anilines is 1. The Balaban J connectivity index is 1.57. The minimum atomic E-state index is -0.142. The summed E-state index contributed by atoms with van der Waals surface area (Å²) in [5.41, 5.74) is 4.69. The van der Waals surface area contributed by atoms with Gasteiger partial charge in [-0.15, -0.1) is 0 Å². The summed E-state index contributed by atoms with van der Waals surface area (Å²) in [4.78, 5) is 16.6. The minimum Gasteiger partial charge on any atom is -0.385 e. The molecule has 3 atom stereocenters. The lowest BCUT2D eigenvalue weighted by Crippen LogP contribution is -2.50. The lowest BCUT2D eigenvalue weighted by atomic mass is 9.73. The van der Waals surface area contributed by atoms with E-state index in [2.05, 4.69) is 64.8 Å². The van der Waals surface area contributed by atoms with Crippen LogP contribution in [0.15, 0.2) is 84.9 Å². The van der Waals surface area contributed by atoms with E-state index in [-0.39, 0.29) is 17.7 Å². The zero-order valence-electron chi connectivity index (χ0n) is 18.6. The van der Waals surface area contributed by atoms with Crippen LogP contribution in [0.2, 0.25) is 0 Å². The number of rotatable bonds is 6. The number of fused-ring (bicyclic) bond motifs is 1. The van der Waals surface area contributed by atoms with Gasteiger partial charge in [-0.2, -0.15) is 0 Å². The van der Waals surface area contributed by atoms with Gasteiger partial charge in [0.1, 0.15) is 0 Å². The van der Waals surface area contributed by atoms with Crippen molar-refractivity contribution in [2.75, 3.05) is 25.0 Å². The molecule has 3 heteroatoms. The Morgan fingerprint density at radius 2 is 1.47 bits per heavy atom. The van der Waals surface area contributed by atoms with E-state index in [0.29, 0.717) is 5.92 Å². The Hall–Kier alpha value is -2.91. The first-order valence-corrected chi connectivity index (χ1v) is 12.0. The topological polar surface area (TPSA) is 32.3 Å². The monoisotopic (exact) mass is 424 g/mol. The summed E-state index contributed by atoms with van der Waals surface area (Å²) in [6.07, 6.45) is 4.60. The Bertz CT molecular complexity index is 1030. The Morgan fingerprint density at radius 3 is 2.22 bits per heavy atom. The number of piperidine rings is 1. The number of Topliss-reactive ketones (excluding diaryl/α,β-unsaturated/α-hetero) is 1. The first kappa shape index (κ1) is 21.0. The van der Waals surface area contributed by atoms with Crippen molar-refractivity contribution in [3.05, 3.63) is 102 Å². The van der Waals surface area contributed by atoms with Crippen molar-refractivity contribution in [3.63, 3.8) is 0 Å². The molecule has 0 saturated carbocycles. The van der Waals surface area contributed by atoms with Crippen LogP contribution in [0.3, 0.4) is 0 Å². The van der Waals surface area contributed by atoms with Gasteiger partial charge in [-0.1, -0.05) is 85.3 Å². The fraction of sp³-hybridized carbons (Fsp3) is 0.345. The summed E-state index contributed by atoms with van der Waals surface area (Å²) in [6, 6.07) is 29.1. The molecule has 1 N–H and O–H groups in total. The third kappa shape index (κ3) is 4.35. The highest BCUT2D eigenvalue weighted by Crippen LogP contribution is 2.39. The molecule has 2 heterocycles. The molecule has 3 aromatic carbocycles. The fourth-order valence-corrected chi connectivity index (χ4v) is 5.63. The quantitative estimate of drug-likeness (QED) is 0.508. The van der Waals surface area contributed by atoms with Gasteiger partial charge in [-0.25, -0.2) is 0 Å². The molecular weight excluding hydrogens is 392 g/mol. The van der Waals surface area contributed by atoms with Gasteiger partial charge < -0.3 is 5.32 Å². The Kier molecular flexibility index (Phi) is 6.36. The number of para-hydroxylation sites is 1. The van der Waals surface area contributed by atoms with Crippen molar-refractivity contribution in [1.29, 1.82) is 0 Å². The number of carbonyl (C=O) groups excluding carboxylic acids is 1. The highest BCUT2D eigenvalue weighted by atomic mass is 16.1. The maximum absolute atomic E-state index is 14.1. The second-order valence-corrected chi connectivity index (χ2v) is 9.21. The smallest absolute Gasteiger partial charge is 0.180 e. The largest absolute Gasteiger partial charge is 0.385 e. The van der Waals surface area contributed by atoms with Gasteiger partial charge in [0.05, 0.1) is 6.04 Å². The first-order valence-electron chi connectivity index (χ1n) is 12.0. The molecule has 3 aromatic rings. The molecule has 0 amide bonds. The number of ketones is 1. The van der Waals surface area contributed by atoms with Crippen molar-refractivity contribution in [2.24, 2.45) is 5.92 Å². The van der Waals surface area contributed by atoms with Gasteiger partial charge >= 0.3 is 0 Å². The number of nitrogens with zero attached hydrogens (tertiary/aromatic N) is 1. The van der Waals surface area contributed by atoms with E-state index in [9.17, 15) is 4.79 Å². The molecule has 3 nitrogen and oxygen atoms in total. The summed E-state index contributed by atoms with van der Waals surface area (Å²) >= 11 is 0. The normalized spacial score (nSPS) is 20.6. The summed E-state index contributed by atoms with van der Waals surface area (Å²) in [5, 5.41) is 3.67. The molecule has 1 saturated heterocycles. The molecule has 32 heavy (non-hydrogen) atoms. The summed E-state index contributed by atoms with van der Waals surface area (Å²) in [6.45, 7) is 2.90. The molecule has 164 valence electrons. The van der Waals surface area contributed by atoms with Crippen molar-refractivity contribution >= 4 is 11.5 Å². The van der Waals surface area contributed by atoms with Crippen molar-refractivity contribution in [1.82, 2.24) is 4.90 Å². The predicted octanol–water partition coefficient (Wildman–Crippen LogP) is 5.79. The third-order valence-electron chi connectivity index (χ3n) is 7.20. The van der Waals surface area contributed by atoms with Crippen molar-refractivity contribution in [3.8, 4) is 0 Å². The van der Waals surface area contributed by atoms with E-state index in [0.717, 1.165) is 31.6 Å². The standard InChI is InChI=1S/C29H32N2O/c32-29(23-14-6-2-7-15-23)28(31-18-10-3-11-19-31)27(22-12-4-1-5-13-22)25-20-24-16-8-9-17-26(24)30-21-25/h1-2,4-9,12-17,25,27-28,30H,3,10-11,18-21H2/t25-,27+,28-/m0/s1. The second-order valence-electron chi connectivity index (χ2n) is 9.21. The number of hydrogen-bond donors (Lipinski definition) is 1. The second kappa shape index (κ2) is 9.70. The fourth-order valence-electron chi connectivity index (χ4n) is 5.63. The number of nitrogens with one attached hydrogen (secondary N) is 1. The van der Waals surface area contributed by atoms with Crippen LogP contribution in [0.25, 0.3) is 0 Å². The molecule has 0 aliphatic carbocycles. The zero-order chi connectivity index (χ0) is 21.8. The lowest BCUT2D eigenvalue weighted by Gasteiger charge is -2.43. The van der Waals surface area contributed by atoms with E-state index >= 15 is 0 Å². The molecule has 2 aliphatic heterocycles. The SMILES string of the molecule is O=C(c1ccccc1)[C@H]([C@H](c1ccccc1)[C@@H]1CNc2ccccc2C1)N1CCCCC1. The van der Waals surface area contributed by atoms with Gasteiger partial charge in [-0.05, 0) is 55.5 Å². The lowest BCUT2D eigenvalue weighted by molar-refractivity contribution is 0.0687.